The number of aldehydes is 1. The number of hydrogen-bond acceptors (Lipinski definition) is 8. The number of aryl methyl sites for hydroxylation is 1. The van der Waals surface area contributed by atoms with Gasteiger partial charge in [0.15, 0.2) is 0 Å². The highest BCUT2D eigenvalue weighted by atomic mass is 16.5. The van der Waals surface area contributed by atoms with Crippen LogP contribution in [0.3, 0.4) is 0 Å². The average Bonchev–Trinajstić information content (AvgIpc) is 3.42. The van der Waals surface area contributed by atoms with E-state index in [9.17, 15) is 9.59 Å². The Morgan fingerprint density at radius 2 is 1.63 bits per heavy atom. The minimum Gasteiger partial charge on any atom is -0.497 e. The van der Waals surface area contributed by atoms with Crippen molar-refractivity contribution in [2.75, 3.05) is 34.4 Å². The van der Waals surface area contributed by atoms with Gasteiger partial charge in [0.25, 0.3) is 0 Å². The van der Waals surface area contributed by atoms with Crippen LogP contribution in [0.1, 0.15) is 29.5 Å². The molecule has 0 aliphatic carbocycles. The van der Waals surface area contributed by atoms with E-state index in [1.54, 1.807) is 37.0 Å². The van der Waals surface area contributed by atoms with Crippen molar-refractivity contribution in [2.24, 2.45) is 7.05 Å². The molecule has 226 valence electrons. The zero-order chi connectivity index (χ0) is 30.4. The van der Waals surface area contributed by atoms with Crippen molar-refractivity contribution in [1.29, 1.82) is 0 Å². The number of piperidine rings is 1. The summed E-state index contributed by atoms with van der Waals surface area (Å²) >= 11 is 0. The van der Waals surface area contributed by atoms with Gasteiger partial charge >= 0.3 is 6.03 Å². The number of likely N-dealkylation sites (tertiary alicyclic amines) is 1. The summed E-state index contributed by atoms with van der Waals surface area (Å²) in [5.74, 6) is 2.07. The molecule has 1 N–H and O–H groups in total. The van der Waals surface area contributed by atoms with Crippen LogP contribution < -0.4 is 19.5 Å². The number of benzene rings is 3. The fraction of sp³-hybridized carbons (Fsp3) is 0.375. The lowest BCUT2D eigenvalue weighted by Crippen LogP contribution is -2.60. The Kier molecular flexibility index (Phi) is 9.10. The molecule has 1 aliphatic rings. The van der Waals surface area contributed by atoms with E-state index in [4.69, 9.17) is 14.2 Å². The average molecular weight is 587 g/mol. The maximum atomic E-state index is 13.9. The number of nitrogens with one attached hydrogen (secondary N) is 1. The van der Waals surface area contributed by atoms with E-state index < -0.39 is 5.54 Å². The van der Waals surface area contributed by atoms with Crippen LogP contribution in [-0.2, 0) is 31.5 Å². The van der Waals surface area contributed by atoms with Crippen molar-refractivity contribution in [3.05, 3.63) is 77.4 Å². The maximum Gasteiger partial charge on any atom is 0.318 e. The first kappa shape index (κ1) is 29.8. The molecule has 0 unspecified atom stereocenters. The molecule has 0 atom stereocenters. The van der Waals surface area contributed by atoms with Gasteiger partial charge in [0, 0.05) is 45.8 Å². The highest BCUT2D eigenvalue weighted by molar-refractivity contribution is 5.81. The summed E-state index contributed by atoms with van der Waals surface area (Å²) in [4.78, 5) is 30.8. The highest BCUT2D eigenvalue weighted by Gasteiger charge is 2.42. The van der Waals surface area contributed by atoms with Crippen LogP contribution in [0.2, 0.25) is 0 Å². The van der Waals surface area contributed by atoms with Crippen molar-refractivity contribution >= 4 is 23.4 Å². The molecule has 11 nitrogen and oxygen atoms in total. The summed E-state index contributed by atoms with van der Waals surface area (Å²) in [7, 11) is 6.66. The molecule has 1 aromatic heterocycles. The predicted octanol–water partition coefficient (Wildman–Crippen LogP) is 3.94. The van der Waals surface area contributed by atoms with Gasteiger partial charge in [-0.25, -0.2) is 9.48 Å². The molecule has 43 heavy (non-hydrogen) atoms. The lowest BCUT2D eigenvalue weighted by atomic mass is 9.86. The van der Waals surface area contributed by atoms with Crippen LogP contribution in [0.5, 0.6) is 17.2 Å². The van der Waals surface area contributed by atoms with E-state index in [1.165, 1.54) is 0 Å². The summed E-state index contributed by atoms with van der Waals surface area (Å²) in [5, 5.41) is 11.4. The van der Waals surface area contributed by atoms with Crippen LogP contribution in [-0.4, -0.2) is 77.1 Å². The number of hydrogen-bond donors (Lipinski definition) is 1. The van der Waals surface area contributed by atoms with Gasteiger partial charge < -0.3 is 29.2 Å². The molecule has 0 radical (unpaired) electrons. The van der Waals surface area contributed by atoms with Gasteiger partial charge in [0.1, 0.15) is 34.6 Å². The van der Waals surface area contributed by atoms with E-state index in [0.29, 0.717) is 37.4 Å². The van der Waals surface area contributed by atoms with Crippen LogP contribution in [0, 0.1) is 0 Å². The summed E-state index contributed by atoms with van der Waals surface area (Å²) in [6, 6.07) is 19.0. The zero-order valence-electron chi connectivity index (χ0n) is 25.1. The Bertz CT molecular complexity index is 1560. The second kappa shape index (κ2) is 13.1. The van der Waals surface area contributed by atoms with Crippen molar-refractivity contribution in [3.8, 4) is 17.2 Å². The fourth-order valence-electron chi connectivity index (χ4n) is 5.62. The molecule has 4 aromatic rings. The Balaban J connectivity index is 1.37. The van der Waals surface area contributed by atoms with Crippen molar-refractivity contribution in [1.82, 2.24) is 30.1 Å². The highest BCUT2D eigenvalue weighted by Crippen LogP contribution is 2.31. The number of carbonyl (C=O) groups is 2. The number of rotatable bonds is 11. The molecule has 5 rings (SSSR count). The van der Waals surface area contributed by atoms with E-state index in [0.717, 1.165) is 46.3 Å². The molecule has 1 saturated heterocycles. The van der Waals surface area contributed by atoms with Crippen LogP contribution in [0.25, 0.3) is 11.0 Å². The number of fused-ring (bicyclic) bond motifs is 1. The third kappa shape index (κ3) is 6.72. The second-order valence-electron chi connectivity index (χ2n) is 10.9. The molecule has 1 fully saturated rings. The number of amides is 2. The largest absolute Gasteiger partial charge is 0.497 e. The molecule has 0 spiro atoms. The van der Waals surface area contributed by atoms with Crippen molar-refractivity contribution in [3.63, 3.8) is 0 Å². The molecule has 0 bridgehead atoms. The number of nitrogens with zero attached hydrogens (tertiary/aromatic N) is 5. The van der Waals surface area contributed by atoms with Crippen LogP contribution >= 0.6 is 0 Å². The number of aromatic nitrogens is 3. The quantitative estimate of drug-likeness (QED) is 0.263. The first-order valence-electron chi connectivity index (χ1n) is 14.2. The normalized spacial score (nSPS) is 14.7. The van der Waals surface area contributed by atoms with E-state index in [2.05, 4.69) is 26.6 Å². The first-order valence-corrected chi connectivity index (χ1v) is 14.2. The van der Waals surface area contributed by atoms with Gasteiger partial charge in [-0.05, 0) is 65.9 Å². The predicted molar refractivity (Wildman–Crippen MR) is 162 cm³/mol. The monoisotopic (exact) mass is 586 g/mol. The number of urea groups is 1. The Hall–Kier alpha value is -4.64. The molecular weight excluding hydrogens is 548 g/mol. The fourth-order valence-corrected chi connectivity index (χ4v) is 5.62. The summed E-state index contributed by atoms with van der Waals surface area (Å²) in [5.41, 5.74) is 3.47. The second-order valence-corrected chi connectivity index (χ2v) is 10.9. The van der Waals surface area contributed by atoms with Gasteiger partial charge in [0.05, 0.1) is 26.8 Å². The summed E-state index contributed by atoms with van der Waals surface area (Å²) in [6.45, 7) is 2.54. The van der Waals surface area contributed by atoms with E-state index in [-0.39, 0.29) is 19.1 Å². The number of methoxy groups -OCH3 is 3. The lowest BCUT2D eigenvalue weighted by molar-refractivity contribution is -0.120. The SMILES string of the molecule is COc1cccc(CN2CCC(C=O)(N(Cc3ccc4c(c3)nnn4C)C(=O)NCc3cc(OC)cc(OC)c3)CC2)c1. The van der Waals surface area contributed by atoms with Crippen LogP contribution in [0.15, 0.2) is 60.7 Å². The van der Waals surface area contributed by atoms with Gasteiger partial charge in [0.2, 0.25) is 0 Å². The van der Waals surface area contributed by atoms with Crippen molar-refractivity contribution in [2.45, 2.75) is 38.0 Å². The third-order valence-electron chi connectivity index (χ3n) is 8.14. The van der Waals surface area contributed by atoms with Crippen molar-refractivity contribution < 1.29 is 23.8 Å². The smallest absolute Gasteiger partial charge is 0.318 e. The molecule has 1 aliphatic heterocycles. The molecule has 2 amide bonds. The van der Waals surface area contributed by atoms with Gasteiger partial charge in [-0.15, -0.1) is 5.10 Å². The lowest BCUT2D eigenvalue weighted by Gasteiger charge is -2.45. The Labute approximate surface area is 251 Å². The third-order valence-corrected chi connectivity index (χ3v) is 8.14. The standard InChI is InChI=1S/C32H38N6O5/c1-36-30-9-8-24(17-29(30)34-35-36)21-38(31(40)33-19-25-15-27(42-3)18-28(16-25)43-4)32(22-39)10-12-37(13-11-32)20-23-6-5-7-26(14-23)41-2/h5-9,14-18,22H,10-13,19-21H2,1-4H3,(H,33,40). The molecule has 0 saturated carbocycles. The van der Waals surface area contributed by atoms with Gasteiger partial charge in [-0.1, -0.05) is 23.4 Å². The molecular formula is C32H38N6O5. The van der Waals surface area contributed by atoms with Gasteiger partial charge in [-0.2, -0.15) is 0 Å². The topological polar surface area (TPSA) is 111 Å². The molecule has 3 aromatic carbocycles. The maximum absolute atomic E-state index is 13.9. The molecule has 2 heterocycles. The van der Waals surface area contributed by atoms with Gasteiger partial charge in [-0.3, -0.25) is 4.90 Å². The summed E-state index contributed by atoms with van der Waals surface area (Å²) in [6.07, 6.45) is 1.97. The van der Waals surface area contributed by atoms with E-state index >= 15 is 0 Å². The minimum absolute atomic E-state index is 0.239. The first-order chi connectivity index (χ1) is 20.9. The Morgan fingerprint density at radius 1 is 0.930 bits per heavy atom. The Morgan fingerprint density at radius 3 is 2.30 bits per heavy atom. The summed E-state index contributed by atoms with van der Waals surface area (Å²) < 4.78 is 17.9. The zero-order valence-corrected chi connectivity index (χ0v) is 25.1. The minimum atomic E-state index is -0.974. The molecule has 11 heteroatoms. The number of carbonyl (C=O) groups excluding carboxylic acids is 2. The van der Waals surface area contributed by atoms with E-state index in [1.807, 2.05) is 55.6 Å². The number of ether oxygens (including phenoxy) is 3. The van der Waals surface area contributed by atoms with Crippen LogP contribution in [0.4, 0.5) is 4.79 Å².